The van der Waals surface area contributed by atoms with Crippen molar-refractivity contribution < 1.29 is 44.5 Å². The lowest BCUT2D eigenvalue weighted by Crippen LogP contribution is -2.21. The molecule has 0 aromatic carbocycles. The van der Waals surface area contributed by atoms with E-state index in [1.807, 2.05) is 0 Å². The Morgan fingerprint density at radius 2 is 1.00 bits per heavy atom. The van der Waals surface area contributed by atoms with Gasteiger partial charge in [0.2, 0.25) is 0 Å². The van der Waals surface area contributed by atoms with E-state index < -0.39 is 17.4 Å². The highest BCUT2D eigenvalue weighted by Crippen LogP contribution is 2.08. The second kappa shape index (κ2) is 7.46. The number of hydrogen-bond acceptors (Lipinski definition) is 9. The zero-order valence-electron chi connectivity index (χ0n) is 11.2. The number of hydrogen-bond donors (Lipinski definition) is 0. The molecule has 0 rings (SSSR count). The first-order valence-corrected chi connectivity index (χ1v) is 5.02. The van der Waals surface area contributed by atoms with Gasteiger partial charge in [-0.2, -0.15) is 14.6 Å². The average Bonchev–Trinajstić information content (AvgIpc) is 2.17. The third-order valence-corrected chi connectivity index (χ3v) is 0.828. The monoisotopic (exact) mass is 270 g/mol. The first-order chi connectivity index (χ1) is 8.10. The van der Waals surface area contributed by atoms with E-state index in [1.54, 1.807) is 41.5 Å². The fourth-order valence-corrected chi connectivity index (χ4v) is 0.329. The molecule has 0 bridgehead atoms. The van der Waals surface area contributed by atoms with Gasteiger partial charge >= 0.3 is 6.16 Å². The van der Waals surface area contributed by atoms with E-state index in [1.165, 1.54) is 0 Å². The molecule has 0 aliphatic carbocycles. The van der Waals surface area contributed by atoms with Gasteiger partial charge in [0, 0.05) is 10.1 Å². The molecule has 0 heterocycles. The molecular weight excluding hydrogens is 252 g/mol. The SMILES string of the molecule is CC(C)(C)OOOOC(=O)OOOOC(C)(C)C. The molecule has 9 heteroatoms. The maximum Gasteiger partial charge on any atom is 0.577 e. The predicted molar refractivity (Wildman–Crippen MR) is 53.6 cm³/mol. The average molecular weight is 270 g/mol. The van der Waals surface area contributed by atoms with Crippen LogP contribution < -0.4 is 0 Å². The predicted octanol–water partition coefficient (Wildman–Crippen LogP) is 2.33. The maximum absolute atomic E-state index is 10.7. The summed E-state index contributed by atoms with van der Waals surface area (Å²) in [5.74, 6) is 0. The third kappa shape index (κ3) is 13.1. The van der Waals surface area contributed by atoms with Crippen molar-refractivity contribution in [3.63, 3.8) is 0 Å². The van der Waals surface area contributed by atoms with Crippen LogP contribution in [0.25, 0.3) is 0 Å². The van der Waals surface area contributed by atoms with Gasteiger partial charge in [-0.05, 0) is 51.6 Å². The first kappa shape index (κ1) is 17.0. The Morgan fingerprint density at radius 3 is 1.28 bits per heavy atom. The van der Waals surface area contributed by atoms with Crippen molar-refractivity contribution in [2.24, 2.45) is 0 Å². The summed E-state index contributed by atoms with van der Waals surface area (Å²) >= 11 is 0. The van der Waals surface area contributed by atoms with Crippen LogP contribution in [0.4, 0.5) is 4.79 Å². The van der Waals surface area contributed by atoms with E-state index in [-0.39, 0.29) is 0 Å². The fourth-order valence-electron chi connectivity index (χ4n) is 0.329. The molecule has 0 amide bonds. The van der Waals surface area contributed by atoms with Gasteiger partial charge in [-0.15, -0.1) is 0 Å². The first-order valence-electron chi connectivity index (χ1n) is 5.02. The van der Waals surface area contributed by atoms with E-state index in [9.17, 15) is 4.79 Å². The van der Waals surface area contributed by atoms with E-state index >= 15 is 0 Å². The molecule has 0 unspecified atom stereocenters. The molecule has 108 valence electrons. The van der Waals surface area contributed by atoms with Gasteiger partial charge in [-0.1, -0.05) is 0 Å². The molecule has 0 N–H and O–H groups in total. The maximum atomic E-state index is 10.7. The fraction of sp³-hybridized carbons (Fsp3) is 0.889. The number of carbonyl (C=O) groups is 1. The topological polar surface area (TPSA) is 90.9 Å². The van der Waals surface area contributed by atoms with Crippen LogP contribution in [0.3, 0.4) is 0 Å². The highest BCUT2D eigenvalue weighted by molar-refractivity contribution is 5.57. The Labute approximate surface area is 104 Å². The molecule has 0 aromatic rings. The normalized spacial score (nSPS) is 12.3. The minimum absolute atomic E-state index is 0.632. The van der Waals surface area contributed by atoms with Crippen LogP contribution >= 0.6 is 0 Å². The van der Waals surface area contributed by atoms with Gasteiger partial charge in [0.1, 0.15) is 0 Å². The van der Waals surface area contributed by atoms with Gasteiger partial charge in [-0.3, -0.25) is 0 Å². The molecule has 0 aromatic heterocycles. The lowest BCUT2D eigenvalue weighted by molar-refractivity contribution is -0.657. The lowest BCUT2D eigenvalue weighted by Gasteiger charge is -2.15. The second-order valence-corrected chi connectivity index (χ2v) is 5.08. The van der Waals surface area contributed by atoms with Crippen LogP contribution in [0.5, 0.6) is 0 Å². The second-order valence-electron chi connectivity index (χ2n) is 5.08. The highest BCUT2D eigenvalue weighted by Gasteiger charge is 2.16. The largest absolute Gasteiger partial charge is 0.577 e. The van der Waals surface area contributed by atoms with Gasteiger partial charge in [-0.25, -0.2) is 9.78 Å². The Kier molecular flexibility index (Phi) is 7.06. The van der Waals surface area contributed by atoms with Crippen molar-refractivity contribution in [3.8, 4) is 0 Å². The van der Waals surface area contributed by atoms with Crippen LogP contribution in [0.1, 0.15) is 41.5 Å². The molecule has 0 aliphatic rings. The summed E-state index contributed by atoms with van der Waals surface area (Å²) in [4.78, 5) is 27.7. The summed E-state index contributed by atoms with van der Waals surface area (Å²) in [7, 11) is 0. The summed E-state index contributed by atoms with van der Waals surface area (Å²) in [6, 6.07) is 0. The molecular formula is C9H18O9. The molecule has 0 aliphatic heterocycles. The molecule has 0 saturated carbocycles. The lowest BCUT2D eigenvalue weighted by atomic mass is 10.2. The molecule has 0 spiro atoms. The minimum atomic E-state index is -1.38. The van der Waals surface area contributed by atoms with Crippen molar-refractivity contribution in [3.05, 3.63) is 0 Å². The van der Waals surface area contributed by atoms with Crippen LogP contribution in [-0.4, -0.2) is 17.4 Å². The Hall–Kier alpha value is -0.970. The Bertz CT molecular complexity index is 215. The van der Waals surface area contributed by atoms with Gasteiger partial charge < -0.3 is 0 Å². The van der Waals surface area contributed by atoms with Gasteiger partial charge in [0.25, 0.3) is 0 Å². The van der Waals surface area contributed by atoms with Crippen molar-refractivity contribution >= 4 is 6.16 Å². The third-order valence-electron chi connectivity index (χ3n) is 0.828. The smallest absolute Gasteiger partial charge is 0.224 e. The molecule has 18 heavy (non-hydrogen) atoms. The zero-order valence-corrected chi connectivity index (χ0v) is 11.2. The van der Waals surface area contributed by atoms with E-state index in [0.29, 0.717) is 0 Å². The van der Waals surface area contributed by atoms with Crippen molar-refractivity contribution in [2.45, 2.75) is 52.7 Å². The summed E-state index contributed by atoms with van der Waals surface area (Å²) in [6.45, 7) is 10.1. The summed E-state index contributed by atoms with van der Waals surface area (Å²) in [6.07, 6.45) is -1.38. The highest BCUT2D eigenvalue weighted by atomic mass is 17.7. The quantitative estimate of drug-likeness (QED) is 0.409. The Balaban J connectivity index is 3.44. The van der Waals surface area contributed by atoms with E-state index in [2.05, 4.69) is 39.7 Å². The summed E-state index contributed by atoms with van der Waals surface area (Å²) in [5, 5.41) is 15.9. The number of rotatable bonds is 6. The van der Waals surface area contributed by atoms with Crippen molar-refractivity contribution in [2.75, 3.05) is 0 Å². The molecule has 0 radical (unpaired) electrons. The van der Waals surface area contributed by atoms with Crippen LogP contribution in [0.2, 0.25) is 0 Å². The Morgan fingerprint density at radius 1 is 0.667 bits per heavy atom. The zero-order chi connectivity index (χ0) is 14.2. The molecule has 0 saturated heterocycles. The van der Waals surface area contributed by atoms with E-state index in [0.717, 1.165) is 0 Å². The molecule has 0 fully saturated rings. The van der Waals surface area contributed by atoms with Crippen LogP contribution in [0, 0.1) is 0 Å². The molecule has 0 atom stereocenters. The van der Waals surface area contributed by atoms with Crippen LogP contribution in [0.15, 0.2) is 0 Å². The molecule has 9 nitrogen and oxygen atoms in total. The minimum Gasteiger partial charge on any atom is -0.224 e. The summed E-state index contributed by atoms with van der Waals surface area (Å²) in [5.41, 5.74) is -1.26. The van der Waals surface area contributed by atoms with Crippen molar-refractivity contribution in [1.29, 1.82) is 0 Å². The van der Waals surface area contributed by atoms with E-state index in [4.69, 9.17) is 0 Å². The number of carbonyl (C=O) groups excluding carboxylic acids is 1. The van der Waals surface area contributed by atoms with Gasteiger partial charge in [0.05, 0.1) is 11.2 Å². The standard InChI is InChI=1S/C9H18O9/c1-8(2,3)13-17-15-11-7(10)12-16-18-14-9(4,5)6/h1-6H3. The summed E-state index contributed by atoms with van der Waals surface area (Å²) < 4.78 is 0. The van der Waals surface area contributed by atoms with Crippen LogP contribution in [-0.2, 0) is 39.7 Å². The van der Waals surface area contributed by atoms with Gasteiger partial charge in [0.15, 0.2) is 0 Å². The van der Waals surface area contributed by atoms with Crippen molar-refractivity contribution in [1.82, 2.24) is 0 Å².